The average molecular weight is 319 g/mol. The fourth-order valence-corrected chi connectivity index (χ4v) is 2.76. The number of hydrogen-bond donors (Lipinski definition) is 2. The lowest BCUT2D eigenvalue weighted by Crippen LogP contribution is -2.38. The average Bonchev–Trinajstić information content (AvgIpc) is 2.96. The quantitative estimate of drug-likeness (QED) is 0.820. The maximum absolute atomic E-state index is 11.8. The molecule has 0 aliphatic heterocycles. The van der Waals surface area contributed by atoms with Gasteiger partial charge in [0.15, 0.2) is 0 Å². The molecule has 1 aromatic carbocycles. The largest absolute Gasteiger partial charge is 0.494 e. The van der Waals surface area contributed by atoms with Crippen molar-refractivity contribution in [2.75, 3.05) is 13.2 Å². The van der Waals surface area contributed by atoms with E-state index in [-0.39, 0.29) is 18.4 Å². The summed E-state index contributed by atoms with van der Waals surface area (Å²) in [5.41, 5.74) is 7.29. The van der Waals surface area contributed by atoms with E-state index in [4.69, 9.17) is 10.5 Å². The fraction of sp³-hybridized carbons (Fsp3) is 0.375. The Balaban J connectivity index is 2.00. The summed E-state index contributed by atoms with van der Waals surface area (Å²) in [6.45, 7) is 4.92. The van der Waals surface area contributed by atoms with Crippen LogP contribution < -0.4 is 15.8 Å². The lowest BCUT2D eigenvalue weighted by atomic mass is 10.2. The van der Waals surface area contributed by atoms with Crippen molar-refractivity contribution in [1.29, 1.82) is 0 Å². The van der Waals surface area contributed by atoms with E-state index >= 15 is 0 Å². The Morgan fingerprint density at radius 3 is 2.77 bits per heavy atom. The van der Waals surface area contributed by atoms with Crippen LogP contribution in [-0.4, -0.2) is 30.1 Å². The van der Waals surface area contributed by atoms with Crippen LogP contribution in [-0.2, 0) is 11.2 Å². The van der Waals surface area contributed by atoms with E-state index in [0.29, 0.717) is 13.2 Å². The Hall–Kier alpha value is -1.92. The van der Waals surface area contributed by atoms with Crippen LogP contribution in [0.4, 0.5) is 0 Å². The number of rotatable bonds is 7. The third-order valence-corrected chi connectivity index (χ3v) is 4.01. The second-order valence-electron chi connectivity index (χ2n) is 4.98. The molecule has 0 radical (unpaired) electrons. The summed E-state index contributed by atoms with van der Waals surface area (Å²) in [6.07, 6.45) is 0.276. The molecule has 0 bridgehead atoms. The minimum Gasteiger partial charge on any atom is -0.494 e. The molecule has 3 N–H and O–H groups in total. The number of aromatic nitrogens is 1. The van der Waals surface area contributed by atoms with E-state index in [2.05, 4.69) is 10.3 Å². The number of nitrogens with two attached hydrogens (primary N) is 1. The van der Waals surface area contributed by atoms with Gasteiger partial charge in [-0.1, -0.05) is 0 Å². The van der Waals surface area contributed by atoms with E-state index in [1.807, 2.05) is 43.5 Å². The molecule has 0 saturated heterocycles. The van der Waals surface area contributed by atoms with Gasteiger partial charge in [-0.05, 0) is 38.1 Å². The van der Waals surface area contributed by atoms with Crippen molar-refractivity contribution in [3.05, 3.63) is 35.3 Å². The van der Waals surface area contributed by atoms with Gasteiger partial charge in [-0.15, -0.1) is 11.3 Å². The number of benzene rings is 1. The Morgan fingerprint density at radius 1 is 1.41 bits per heavy atom. The van der Waals surface area contributed by atoms with Gasteiger partial charge in [-0.2, -0.15) is 0 Å². The molecule has 0 spiro atoms. The SMILES string of the molecule is CCOc1ccc(-c2nc(CC(=O)N[C@@H](C)CN)cs2)cc1. The van der Waals surface area contributed by atoms with Gasteiger partial charge < -0.3 is 15.8 Å². The molecule has 1 aromatic heterocycles. The van der Waals surface area contributed by atoms with Crippen molar-refractivity contribution < 1.29 is 9.53 Å². The summed E-state index contributed by atoms with van der Waals surface area (Å²) in [5, 5.41) is 5.65. The highest BCUT2D eigenvalue weighted by molar-refractivity contribution is 7.13. The number of thiazole rings is 1. The van der Waals surface area contributed by atoms with Gasteiger partial charge in [0, 0.05) is 23.5 Å². The third-order valence-electron chi connectivity index (χ3n) is 3.07. The zero-order valence-corrected chi connectivity index (χ0v) is 13.7. The summed E-state index contributed by atoms with van der Waals surface area (Å²) in [7, 11) is 0. The second-order valence-corrected chi connectivity index (χ2v) is 5.84. The molecular weight excluding hydrogens is 298 g/mol. The molecule has 0 fully saturated rings. The van der Waals surface area contributed by atoms with Crippen LogP contribution >= 0.6 is 11.3 Å². The maximum Gasteiger partial charge on any atom is 0.226 e. The van der Waals surface area contributed by atoms with Gasteiger partial charge in [0.05, 0.1) is 18.7 Å². The highest BCUT2D eigenvalue weighted by Crippen LogP contribution is 2.25. The smallest absolute Gasteiger partial charge is 0.226 e. The minimum absolute atomic E-state index is 0.0169. The predicted molar refractivity (Wildman–Crippen MR) is 89.1 cm³/mol. The summed E-state index contributed by atoms with van der Waals surface area (Å²) in [4.78, 5) is 16.3. The second kappa shape index (κ2) is 7.91. The summed E-state index contributed by atoms with van der Waals surface area (Å²) >= 11 is 1.53. The van der Waals surface area contributed by atoms with Crippen LogP contribution in [0.3, 0.4) is 0 Å². The minimum atomic E-state index is -0.0542. The zero-order chi connectivity index (χ0) is 15.9. The summed E-state index contributed by atoms with van der Waals surface area (Å²) in [5.74, 6) is 0.791. The lowest BCUT2D eigenvalue weighted by Gasteiger charge is -2.09. The molecule has 2 aromatic rings. The first-order valence-corrected chi connectivity index (χ1v) is 8.17. The molecule has 1 amide bonds. The molecule has 2 rings (SSSR count). The molecule has 0 saturated carbocycles. The molecule has 6 heteroatoms. The summed E-state index contributed by atoms with van der Waals surface area (Å²) in [6, 6.07) is 7.79. The number of amides is 1. The number of hydrogen-bond acceptors (Lipinski definition) is 5. The van der Waals surface area contributed by atoms with Gasteiger partial charge in [0.1, 0.15) is 10.8 Å². The standard InChI is InChI=1S/C16H21N3O2S/c1-3-21-14-6-4-12(5-7-14)16-19-13(10-22-16)8-15(20)18-11(2)9-17/h4-7,10-11H,3,8-9,17H2,1-2H3,(H,18,20)/t11-/m0/s1. The molecule has 0 unspecified atom stereocenters. The Bertz CT molecular complexity index is 610. The van der Waals surface area contributed by atoms with E-state index in [1.165, 1.54) is 11.3 Å². The van der Waals surface area contributed by atoms with Crippen LogP contribution in [0, 0.1) is 0 Å². The molecule has 5 nitrogen and oxygen atoms in total. The Morgan fingerprint density at radius 2 is 2.14 bits per heavy atom. The number of nitrogens with one attached hydrogen (secondary N) is 1. The van der Waals surface area contributed by atoms with Gasteiger partial charge in [0.2, 0.25) is 5.91 Å². The normalized spacial score (nSPS) is 12.0. The predicted octanol–water partition coefficient (Wildman–Crippen LogP) is 2.21. The highest BCUT2D eigenvalue weighted by atomic mass is 32.1. The van der Waals surface area contributed by atoms with Crippen LogP contribution in [0.15, 0.2) is 29.6 Å². The molecular formula is C16H21N3O2S. The van der Waals surface area contributed by atoms with Crippen molar-refractivity contribution in [2.24, 2.45) is 5.73 Å². The molecule has 22 heavy (non-hydrogen) atoms. The van der Waals surface area contributed by atoms with Gasteiger partial charge >= 0.3 is 0 Å². The Labute approximate surface area is 134 Å². The van der Waals surface area contributed by atoms with Crippen LogP contribution in [0.25, 0.3) is 10.6 Å². The maximum atomic E-state index is 11.8. The van der Waals surface area contributed by atoms with Crippen LogP contribution in [0.2, 0.25) is 0 Å². The molecule has 1 heterocycles. The Kier molecular flexibility index (Phi) is 5.91. The van der Waals surface area contributed by atoms with E-state index in [1.54, 1.807) is 0 Å². The van der Waals surface area contributed by atoms with E-state index in [0.717, 1.165) is 22.0 Å². The number of ether oxygens (including phenoxy) is 1. The van der Waals surface area contributed by atoms with Crippen LogP contribution in [0.1, 0.15) is 19.5 Å². The monoisotopic (exact) mass is 319 g/mol. The van der Waals surface area contributed by atoms with E-state index in [9.17, 15) is 4.79 Å². The number of carbonyl (C=O) groups is 1. The molecule has 0 aliphatic rings. The molecule has 0 aliphatic carbocycles. The lowest BCUT2D eigenvalue weighted by molar-refractivity contribution is -0.121. The first-order chi connectivity index (χ1) is 10.6. The van der Waals surface area contributed by atoms with Crippen LogP contribution in [0.5, 0.6) is 5.75 Å². The van der Waals surface area contributed by atoms with Gasteiger partial charge in [-0.3, -0.25) is 4.79 Å². The third kappa shape index (κ3) is 4.54. The fourth-order valence-electron chi connectivity index (χ4n) is 1.93. The van der Waals surface area contributed by atoms with Crippen molar-refractivity contribution in [3.8, 4) is 16.3 Å². The topological polar surface area (TPSA) is 77.2 Å². The molecule has 1 atom stereocenters. The van der Waals surface area contributed by atoms with Crippen molar-refractivity contribution in [3.63, 3.8) is 0 Å². The molecule has 118 valence electrons. The van der Waals surface area contributed by atoms with Gasteiger partial charge in [0.25, 0.3) is 0 Å². The van der Waals surface area contributed by atoms with Crippen molar-refractivity contribution in [1.82, 2.24) is 10.3 Å². The zero-order valence-electron chi connectivity index (χ0n) is 12.8. The number of carbonyl (C=O) groups excluding carboxylic acids is 1. The number of nitrogens with zero attached hydrogens (tertiary/aromatic N) is 1. The van der Waals surface area contributed by atoms with Crippen molar-refractivity contribution >= 4 is 17.2 Å². The van der Waals surface area contributed by atoms with Gasteiger partial charge in [-0.25, -0.2) is 4.98 Å². The first-order valence-electron chi connectivity index (χ1n) is 7.29. The van der Waals surface area contributed by atoms with Crippen molar-refractivity contribution in [2.45, 2.75) is 26.3 Å². The summed E-state index contributed by atoms with van der Waals surface area (Å²) < 4.78 is 5.42. The highest BCUT2D eigenvalue weighted by Gasteiger charge is 2.10. The van der Waals surface area contributed by atoms with E-state index < -0.39 is 0 Å². The first kappa shape index (κ1) is 16.5.